The van der Waals surface area contributed by atoms with Crippen molar-refractivity contribution in [2.24, 2.45) is 0 Å². The van der Waals surface area contributed by atoms with Gasteiger partial charge in [0.15, 0.2) is 11.5 Å². The second-order valence-electron chi connectivity index (χ2n) is 4.85. The average molecular weight is 286 g/mol. The Labute approximate surface area is 116 Å². The van der Waals surface area contributed by atoms with Gasteiger partial charge in [0.2, 0.25) is 0 Å². The summed E-state index contributed by atoms with van der Waals surface area (Å²) in [5.41, 5.74) is -0.381. The number of aliphatic hydroxyl groups is 1. The zero-order chi connectivity index (χ0) is 14.2. The van der Waals surface area contributed by atoms with Crippen LogP contribution in [0, 0.1) is 0 Å². The van der Waals surface area contributed by atoms with Crippen LogP contribution in [-0.4, -0.2) is 48.8 Å². The van der Waals surface area contributed by atoms with Crippen LogP contribution >= 0.6 is 11.6 Å². The molecule has 0 aliphatic carbocycles. The summed E-state index contributed by atoms with van der Waals surface area (Å²) in [4.78, 5) is 13.7. The molecule has 0 radical (unpaired) electrons. The van der Waals surface area contributed by atoms with Crippen LogP contribution < -0.4 is 9.47 Å². The van der Waals surface area contributed by atoms with Crippen molar-refractivity contribution >= 4 is 17.5 Å². The Bertz CT molecular complexity index is 508. The molecule has 1 N–H and O–H groups in total. The average Bonchev–Trinajstić information content (AvgIpc) is 2.33. The third kappa shape index (κ3) is 2.62. The fraction of sp³-hybridized carbons (Fsp3) is 0.462. The standard InChI is InChI=1S/C13H16ClNO4/c1-13(17)6-15(7-13)12(16)8-4-9(14)11(19-3)10(5-8)18-2/h4-5,17H,6-7H2,1-3H3. The topological polar surface area (TPSA) is 59.0 Å². The highest BCUT2D eigenvalue weighted by Gasteiger charge is 2.39. The zero-order valence-corrected chi connectivity index (χ0v) is 11.8. The van der Waals surface area contributed by atoms with Gasteiger partial charge in [0.1, 0.15) is 0 Å². The van der Waals surface area contributed by atoms with Gasteiger partial charge in [-0.25, -0.2) is 0 Å². The summed E-state index contributed by atoms with van der Waals surface area (Å²) in [5, 5.41) is 9.97. The van der Waals surface area contributed by atoms with E-state index in [9.17, 15) is 9.90 Å². The number of amides is 1. The molecule has 1 aromatic carbocycles. The number of rotatable bonds is 3. The number of β-amino-alcohol motifs (C(OH)–C–C–N with tert-alkyl or cyclic N) is 1. The van der Waals surface area contributed by atoms with Gasteiger partial charge in [-0.05, 0) is 19.1 Å². The molecule has 1 fully saturated rings. The Morgan fingerprint density at radius 2 is 2.00 bits per heavy atom. The van der Waals surface area contributed by atoms with Crippen molar-refractivity contribution < 1.29 is 19.4 Å². The maximum atomic E-state index is 12.2. The van der Waals surface area contributed by atoms with Gasteiger partial charge in [-0.2, -0.15) is 0 Å². The molecule has 0 atom stereocenters. The predicted molar refractivity (Wildman–Crippen MR) is 71.1 cm³/mol. The van der Waals surface area contributed by atoms with Crippen LogP contribution in [0.3, 0.4) is 0 Å². The quantitative estimate of drug-likeness (QED) is 0.916. The fourth-order valence-electron chi connectivity index (χ4n) is 2.14. The fourth-order valence-corrected chi connectivity index (χ4v) is 2.43. The van der Waals surface area contributed by atoms with E-state index in [4.69, 9.17) is 21.1 Å². The first kappa shape index (κ1) is 14.0. The normalized spacial score (nSPS) is 16.8. The van der Waals surface area contributed by atoms with Gasteiger partial charge in [-0.1, -0.05) is 11.6 Å². The predicted octanol–water partition coefficient (Wildman–Crippen LogP) is 1.56. The third-order valence-electron chi connectivity index (χ3n) is 3.03. The van der Waals surface area contributed by atoms with Crippen LogP contribution in [0.4, 0.5) is 0 Å². The summed E-state index contributed by atoms with van der Waals surface area (Å²) in [6.07, 6.45) is 0. The second-order valence-corrected chi connectivity index (χ2v) is 5.26. The maximum Gasteiger partial charge on any atom is 0.254 e. The van der Waals surface area contributed by atoms with Crippen LogP contribution in [-0.2, 0) is 0 Å². The molecule has 104 valence electrons. The number of carbonyl (C=O) groups excluding carboxylic acids is 1. The summed E-state index contributed by atoms with van der Waals surface area (Å²) in [6, 6.07) is 3.12. The Balaban J connectivity index is 2.26. The summed E-state index contributed by atoms with van der Waals surface area (Å²) >= 11 is 6.05. The van der Waals surface area contributed by atoms with E-state index in [1.165, 1.54) is 20.3 Å². The number of hydrogen-bond donors (Lipinski definition) is 1. The summed E-state index contributed by atoms with van der Waals surface area (Å²) < 4.78 is 10.3. The van der Waals surface area contributed by atoms with Gasteiger partial charge < -0.3 is 19.5 Å². The highest BCUT2D eigenvalue weighted by molar-refractivity contribution is 6.32. The van der Waals surface area contributed by atoms with E-state index in [1.807, 2.05) is 0 Å². The van der Waals surface area contributed by atoms with Gasteiger partial charge in [0.25, 0.3) is 5.91 Å². The molecule has 0 spiro atoms. The molecule has 0 bridgehead atoms. The lowest BCUT2D eigenvalue weighted by atomic mass is 9.96. The van der Waals surface area contributed by atoms with Crippen molar-refractivity contribution in [1.29, 1.82) is 0 Å². The Hall–Kier alpha value is -1.46. The van der Waals surface area contributed by atoms with E-state index in [0.29, 0.717) is 35.2 Å². The molecule has 1 aromatic rings. The van der Waals surface area contributed by atoms with Crippen molar-refractivity contribution in [2.75, 3.05) is 27.3 Å². The molecular formula is C13H16ClNO4. The minimum atomic E-state index is -0.796. The number of hydrogen-bond acceptors (Lipinski definition) is 4. The van der Waals surface area contributed by atoms with Crippen LogP contribution in [0.2, 0.25) is 5.02 Å². The molecule has 1 aliphatic rings. The first-order chi connectivity index (χ1) is 8.88. The highest BCUT2D eigenvalue weighted by Crippen LogP contribution is 2.36. The number of halogens is 1. The Morgan fingerprint density at radius 3 is 2.47 bits per heavy atom. The maximum absolute atomic E-state index is 12.2. The summed E-state index contributed by atoms with van der Waals surface area (Å²) in [7, 11) is 2.97. The van der Waals surface area contributed by atoms with E-state index in [-0.39, 0.29) is 5.91 Å². The second kappa shape index (κ2) is 4.90. The molecule has 0 unspecified atom stereocenters. The number of benzene rings is 1. The number of carbonyl (C=O) groups is 1. The van der Waals surface area contributed by atoms with Gasteiger partial charge in [0, 0.05) is 5.56 Å². The van der Waals surface area contributed by atoms with Crippen molar-refractivity contribution in [3.63, 3.8) is 0 Å². The van der Waals surface area contributed by atoms with Crippen LogP contribution in [0.25, 0.3) is 0 Å². The lowest BCUT2D eigenvalue weighted by Crippen LogP contribution is -2.61. The van der Waals surface area contributed by atoms with Crippen molar-refractivity contribution in [2.45, 2.75) is 12.5 Å². The third-order valence-corrected chi connectivity index (χ3v) is 3.31. The molecule has 0 aromatic heterocycles. The van der Waals surface area contributed by atoms with Crippen LogP contribution in [0.15, 0.2) is 12.1 Å². The minimum Gasteiger partial charge on any atom is -0.493 e. The van der Waals surface area contributed by atoms with Gasteiger partial charge in [-0.15, -0.1) is 0 Å². The first-order valence-corrected chi connectivity index (χ1v) is 6.19. The van der Waals surface area contributed by atoms with E-state index in [0.717, 1.165) is 0 Å². The first-order valence-electron chi connectivity index (χ1n) is 5.81. The molecule has 1 heterocycles. The lowest BCUT2D eigenvalue weighted by molar-refractivity contribution is -0.0668. The minimum absolute atomic E-state index is 0.186. The van der Waals surface area contributed by atoms with Crippen LogP contribution in [0.5, 0.6) is 11.5 Å². The number of likely N-dealkylation sites (tertiary alicyclic amines) is 1. The largest absolute Gasteiger partial charge is 0.493 e. The van der Waals surface area contributed by atoms with E-state index in [2.05, 4.69) is 0 Å². The Morgan fingerprint density at radius 1 is 1.37 bits per heavy atom. The molecule has 19 heavy (non-hydrogen) atoms. The van der Waals surface area contributed by atoms with Gasteiger partial charge in [0.05, 0.1) is 37.9 Å². The van der Waals surface area contributed by atoms with Crippen LogP contribution in [0.1, 0.15) is 17.3 Å². The number of methoxy groups -OCH3 is 2. The monoisotopic (exact) mass is 285 g/mol. The smallest absolute Gasteiger partial charge is 0.254 e. The molecule has 1 amide bonds. The zero-order valence-electron chi connectivity index (χ0n) is 11.1. The van der Waals surface area contributed by atoms with Crippen molar-refractivity contribution in [3.05, 3.63) is 22.7 Å². The van der Waals surface area contributed by atoms with Gasteiger partial charge in [-0.3, -0.25) is 4.79 Å². The number of ether oxygens (including phenoxy) is 2. The van der Waals surface area contributed by atoms with Crippen molar-refractivity contribution in [3.8, 4) is 11.5 Å². The van der Waals surface area contributed by atoms with Crippen molar-refractivity contribution in [1.82, 2.24) is 4.90 Å². The molecule has 5 nitrogen and oxygen atoms in total. The highest BCUT2D eigenvalue weighted by atomic mass is 35.5. The van der Waals surface area contributed by atoms with E-state index >= 15 is 0 Å². The van der Waals surface area contributed by atoms with E-state index < -0.39 is 5.60 Å². The van der Waals surface area contributed by atoms with E-state index in [1.54, 1.807) is 17.9 Å². The SMILES string of the molecule is COc1cc(C(=O)N2CC(C)(O)C2)cc(Cl)c1OC. The molecule has 1 aliphatic heterocycles. The summed E-state index contributed by atoms with van der Waals surface area (Å²) in [6.45, 7) is 2.33. The Kier molecular flexibility index (Phi) is 3.60. The molecular weight excluding hydrogens is 270 g/mol. The number of nitrogens with zero attached hydrogens (tertiary/aromatic N) is 1. The molecule has 6 heteroatoms. The molecule has 1 saturated heterocycles. The van der Waals surface area contributed by atoms with Gasteiger partial charge >= 0.3 is 0 Å². The summed E-state index contributed by atoms with van der Waals surface area (Å²) in [5.74, 6) is 0.622. The molecule has 0 saturated carbocycles. The lowest BCUT2D eigenvalue weighted by Gasteiger charge is -2.44. The molecule has 2 rings (SSSR count).